The topological polar surface area (TPSA) is 58.1 Å². The standard InChI is InChI=1S/C22H38N4O2/c1-17(2)21(26-10-12-27-13-11-26)15-25-22(23-5)24-14-19-6-8-20(9-7-19)16-28-18(3)4/h6-9,17-18,21H,10-16H2,1-5H3,(H2,23,24,25). The minimum absolute atomic E-state index is 0.253. The molecule has 0 spiro atoms. The van der Waals surface area contributed by atoms with Gasteiger partial charge in [0, 0.05) is 39.3 Å². The van der Waals surface area contributed by atoms with Gasteiger partial charge in [-0.15, -0.1) is 0 Å². The third kappa shape index (κ3) is 7.78. The van der Waals surface area contributed by atoms with Crippen molar-refractivity contribution in [3.05, 3.63) is 35.4 Å². The van der Waals surface area contributed by atoms with Crippen molar-refractivity contribution in [2.45, 2.75) is 53.0 Å². The van der Waals surface area contributed by atoms with Gasteiger partial charge < -0.3 is 20.1 Å². The van der Waals surface area contributed by atoms with Crippen LogP contribution in [0.15, 0.2) is 29.3 Å². The maximum absolute atomic E-state index is 5.65. The summed E-state index contributed by atoms with van der Waals surface area (Å²) in [5.74, 6) is 1.41. The van der Waals surface area contributed by atoms with E-state index in [1.165, 1.54) is 11.1 Å². The normalized spacial score (nSPS) is 17.2. The molecule has 0 saturated carbocycles. The predicted octanol–water partition coefficient (Wildman–Crippen LogP) is 2.63. The number of nitrogens with zero attached hydrogens (tertiary/aromatic N) is 2. The Labute approximate surface area is 170 Å². The van der Waals surface area contributed by atoms with Gasteiger partial charge in [-0.1, -0.05) is 38.1 Å². The van der Waals surface area contributed by atoms with E-state index in [0.29, 0.717) is 18.6 Å². The highest BCUT2D eigenvalue weighted by Gasteiger charge is 2.23. The van der Waals surface area contributed by atoms with E-state index < -0.39 is 0 Å². The van der Waals surface area contributed by atoms with Crippen LogP contribution < -0.4 is 10.6 Å². The van der Waals surface area contributed by atoms with Gasteiger partial charge in [0.25, 0.3) is 0 Å². The summed E-state index contributed by atoms with van der Waals surface area (Å²) in [4.78, 5) is 6.90. The fraction of sp³-hybridized carbons (Fsp3) is 0.682. The molecular formula is C22H38N4O2. The van der Waals surface area contributed by atoms with Gasteiger partial charge >= 0.3 is 0 Å². The van der Waals surface area contributed by atoms with Gasteiger partial charge in [-0.2, -0.15) is 0 Å². The van der Waals surface area contributed by atoms with Crippen molar-refractivity contribution in [2.24, 2.45) is 10.9 Å². The molecule has 0 bridgehead atoms. The van der Waals surface area contributed by atoms with Crippen LogP contribution in [0.1, 0.15) is 38.8 Å². The van der Waals surface area contributed by atoms with Gasteiger partial charge in [-0.25, -0.2) is 0 Å². The average molecular weight is 391 g/mol. The first-order valence-corrected chi connectivity index (χ1v) is 10.4. The minimum atomic E-state index is 0.253. The number of ether oxygens (including phenoxy) is 2. The molecule has 1 saturated heterocycles. The molecule has 1 aliphatic heterocycles. The maximum Gasteiger partial charge on any atom is 0.191 e. The van der Waals surface area contributed by atoms with Crippen molar-refractivity contribution < 1.29 is 9.47 Å². The van der Waals surface area contributed by atoms with Crippen LogP contribution in [0.2, 0.25) is 0 Å². The smallest absolute Gasteiger partial charge is 0.191 e. The monoisotopic (exact) mass is 390 g/mol. The van der Waals surface area contributed by atoms with Gasteiger partial charge in [0.15, 0.2) is 5.96 Å². The molecule has 2 N–H and O–H groups in total. The number of guanidine groups is 1. The number of aliphatic imine (C=N–C) groups is 1. The quantitative estimate of drug-likeness (QED) is 0.501. The molecule has 1 fully saturated rings. The van der Waals surface area contributed by atoms with Gasteiger partial charge in [0.2, 0.25) is 0 Å². The number of benzene rings is 1. The average Bonchev–Trinajstić information content (AvgIpc) is 2.70. The number of morpholine rings is 1. The van der Waals surface area contributed by atoms with Crippen molar-refractivity contribution in [1.29, 1.82) is 0 Å². The molecule has 158 valence electrons. The van der Waals surface area contributed by atoms with E-state index in [4.69, 9.17) is 9.47 Å². The van der Waals surface area contributed by atoms with Gasteiger partial charge in [-0.05, 0) is 30.9 Å². The zero-order chi connectivity index (χ0) is 20.4. The van der Waals surface area contributed by atoms with Crippen molar-refractivity contribution in [3.8, 4) is 0 Å². The SMILES string of the molecule is CN=C(NCc1ccc(COC(C)C)cc1)NCC(C(C)C)N1CCOCC1. The molecule has 6 nitrogen and oxygen atoms in total. The van der Waals surface area contributed by atoms with Gasteiger partial charge in [0.1, 0.15) is 0 Å². The zero-order valence-electron chi connectivity index (χ0n) is 18.2. The van der Waals surface area contributed by atoms with Crippen molar-refractivity contribution in [1.82, 2.24) is 15.5 Å². The van der Waals surface area contributed by atoms with Crippen LogP contribution in [0.5, 0.6) is 0 Å². The number of hydrogen-bond donors (Lipinski definition) is 2. The Morgan fingerprint density at radius 3 is 2.29 bits per heavy atom. The highest BCUT2D eigenvalue weighted by Crippen LogP contribution is 2.12. The molecule has 28 heavy (non-hydrogen) atoms. The van der Waals surface area contributed by atoms with E-state index in [1.807, 2.05) is 7.05 Å². The van der Waals surface area contributed by atoms with Crippen LogP contribution in [0.25, 0.3) is 0 Å². The van der Waals surface area contributed by atoms with E-state index in [0.717, 1.165) is 45.4 Å². The first-order valence-electron chi connectivity index (χ1n) is 10.4. The first-order chi connectivity index (χ1) is 13.5. The molecule has 0 amide bonds. The Bertz CT molecular complexity index is 581. The summed E-state index contributed by atoms with van der Waals surface area (Å²) in [5.41, 5.74) is 2.43. The van der Waals surface area contributed by atoms with Gasteiger partial charge in [0.05, 0.1) is 25.9 Å². The summed E-state index contributed by atoms with van der Waals surface area (Å²) in [6.45, 7) is 14.6. The van der Waals surface area contributed by atoms with E-state index in [9.17, 15) is 0 Å². The van der Waals surface area contributed by atoms with Crippen LogP contribution >= 0.6 is 0 Å². The summed E-state index contributed by atoms with van der Waals surface area (Å²) >= 11 is 0. The third-order valence-electron chi connectivity index (χ3n) is 5.05. The van der Waals surface area contributed by atoms with Crippen LogP contribution in [0.3, 0.4) is 0 Å². The number of nitrogens with one attached hydrogen (secondary N) is 2. The first kappa shape index (κ1) is 22.7. The zero-order valence-corrected chi connectivity index (χ0v) is 18.2. The third-order valence-corrected chi connectivity index (χ3v) is 5.05. The molecule has 1 unspecified atom stereocenters. The Kier molecular flexibility index (Phi) is 9.75. The van der Waals surface area contributed by atoms with Crippen molar-refractivity contribution in [3.63, 3.8) is 0 Å². The molecule has 1 heterocycles. The minimum Gasteiger partial charge on any atom is -0.379 e. The van der Waals surface area contributed by atoms with E-state index in [-0.39, 0.29) is 6.10 Å². The fourth-order valence-electron chi connectivity index (χ4n) is 3.32. The molecule has 0 aliphatic carbocycles. The lowest BCUT2D eigenvalue weighted by Gasteiger charge is -2.37. The van der Waals surface area contributed by atoms with Crippen molar-refractivity contribution in [2.75, 3.05) is 39.9 Å². The molecular weight excluding hydrogens is 352 g/mol. The van der Waals surface area contributed by atoms with Crippen LogP contribution in [0, 0.1) is 5.92 Å². The molecule has 0 aromatic heterocycles. The Hall–Kier alpha value is -1.63. The Morgan fingerprint density at radius 2 is 1.71 bits per heavy atom. The molecule has 6 heteroatoms. The van der Waals surface area contributed by atoms with E-state index in [2.05, 4.69) is 72.5 Å². The fourth-order valence-corrected chi connectivity index (χ4v) is 3.32. The summed E-state index contributed by atoms with van der Waals surface area (Å²) < 4.78 is 11.1. The Morgan fingerprint density at radius 1 is 1.07 bits per heavy atom. The number of rotatable bonds is 9. The lowest BCUT2D eigenvalue weighted by Crippen LogP contribution is -2.52. The molecule has 1 aromatic rings. The summed E-state index contributed by atoms with van der Waals surface area (Å²) in [5, 5.41) is 6.92. The highest BCUT2D eigenvalue weighted by atomic mass is 16.5. The second kappa shape index (κ2) is 12.0. The second-order valence-corrected chi connectivity index (χ2v) is 7.94. The molecule has 1 atom stereocenters. The van der Waals surface area contributed by atoms with E-state index >= 15 is 0 Å². The Balaban J connectivity index is 1.80. The molecule has 0 radical (unpaired) electrons. The summed E-state index contributed by atoms with van der Waals surface area (Å²) in [6.07, 6.45) is 0.253. The molecule has 1 aliphatic rings. The lowest BCUT2D eigenvalue weighted by molar-refractivity contribution is 0.00752. The van der Waals surface area contributed by atoms with Crippen molar-refractivity contribution >= 4 is 5.96 Å². The summed E-state index contributed by atoms with van der Waals surface area (Å²) in [7, 11) is 1.82. The molecule has 1 aromatic carbocycles. The van der Waals surface area contributed by atoms with Gasteiger partial charge in [-0.3, -0.25) is 9.89 Å². The largest absolute Gasteiger partial charge is 0.379 e. The van der Waals surface area contributed by atoms with Crippen LogP contribution in [0.4, 0.5) is 0 Å². The van der Waals surface area contributed by atoms with E-state index in [1.54, 1.807) is 0 Å². The second-order valence-electron chi connectivity index (χ2n) is 7.94. The predicted molar refractivity (Wildman–Crippen MR) is 116 cm³/mol. The lowest BCUT2D eigenvalue weighted by atomic mass is 10.0. The highest BCUT2D eigenvalue weighted by molar-refractivity contribution is 5.79. The maximum atomic E-state index is 5.65. The van der Waals surface area contributed by atoms with Crippen LogP contribution in [-0.4, -0.2) is 62.9 Å². The number of hydrogen-bond acceptors (Lipinski definition) is 4. The summed E-state index contributed by atoms with van der Waals surface area (Å²) in [6, 6.07) is 9.02. The molecule has 2 rings (SSSR count). The van der Waals surface area contributed by atoms with Crippen LogP contribution in [-0.2, 0) is 22.6 Å².